The van der Waals surface area contributed by atoms with Crippen molar-refractivity contribution >= 4 is 81.4 Å². The van der Waals surface area contributed by atoms with Crippen molar-refractivity contribution in [1.29, 1.82) is 0 Å². The molecule has 2 heterocycles. The van der Waals surface area contributed by atoms with Crippen molar-refractivity contribution in [3.63, 3.8) is 0 Å². The Morgan fingerprint density at radius 2 is 1.32 bits per heavy atom. The van der Waals surface area contributed by atoms with E-state index in [9.17, 15) is 14.4 Å². The first-order valence-corrected chi connectivity index (χ1v) is 13.0. The van der Waals surface area contributed by atoms with Gasteiger partial charge in [0.1, 0.15) is 11.8 Å². The molecule has 0 radical (unpaired) electrons. The number of carbonyl (C=O) groups is 3. The molecule has 0 aliphatic carbocycles. The zero-order valence-corrected chi connectivity index (χ0v) is 23.1. The Morgan fingerprint density at radius 3 is 1.84 bits per heavy atom. The van der Waals surface area contributed by atoms with Crippen molar-refractivity contribution in [3.8, 4) is 5.75 Å². The summed E-state index contributed by atoms with van der Waals surface area (Å²) < 4.78 is 5.53. The average Bonchev–Trinajstić information content (AvgIpc) is 3.13. The molecule has 6 nitrogen and oxygen atoms in total. The fourth-order valence-corrected chi connectivity index (χ4v) is 5.81. The van der Waals surface area contributed by atoms with Crippen molar-refractivity contribution in [1.82, 2.24) is 4.90 Å². The van der Waals surface area contributed by atoms with Crippen molar-refractivity contribution < 1.29 is 19.1 Å². The van der Waals surface area contributed by atoms with Crippen LogP contribution in [0.1, 0.15) is 44.8 Å². The second-order valence-corrected chi connectivity index (χ2v) is 10.4. The van der Waals surface area contributed by atoms with Crippen LogP contribution in [-0.4, -0.2) is 35.3 Å². The van der Waals surface area contributed by atoms with Crippen LogP contribution in [0, 0.1) is 6.92 Å². The molecule has 0 unspecified atom stereocenters. The number of anilines is 1. The summed E-state index contributed by atoms with van der Waals surface area (Å²) in [6.07, 6.45) is 0. The van der Waals surface area contributed by atoms with Crippen LogP contribution < -0.4 is 9.64 Å². The van der Waals surface area contributed by atoms with Gasteiger partial charge in [0.2, 0.25) is 0 Å². The lowest BCUT2D eigenvalue weighted by Crippen LogP contribution is -2.67. The van der Waals surface area contributed by atoms with E-state index in [0.717, 1.165) is 10.5 Å². The summed E-state index contributed by atoms with van der Waals surface area (Å²) in [6.45, 7) is 4.20. The average molecular weight is 599 g/mol. The zero-order valence-electron chi connectivity index (χ0n) is 19.3. The summed E-state index contributed by atoms with van der Waals surface area (Å²) >= 11 is 31.2. The zero-order chi connectivity index (χ0) is 26.8. The van der Waals surface area contributed by atoms with E-state index in [4.69, 9.17) is 62.7 Å². The molecule has 5 rings (SSSR count). The van der Waals surface area contributed by atoms with Gasteiger partial charge in [0.15, 0.2) is 0 Å². The predicted octanol–water partition coefficient (Wildman–Crippen LogP) is 7.41. The van der Waals surface area contributed by atoms with Crippen LogP contribution in [0.15, 0.2) is 42.5 Å². The second-order valence-electron chi connectivity index (χ2n) is 8.52. The van der Waals surface area contributed by atoms with Crippen LogP contribution in [0.5, 0.6) is 5.75 Å². The number of rotatable bonds is 5. The number of β-lactam (4-membered cyclic amide) rings is 1. The van der Waals surface area contributed by atoms with E-state index in [2.05, 4.69) is 0 Å². The molecule has 11 heteroatoms. The third-order valence-electron chi connectivity index (χ3n) is 6.44. The number of halogens is 5. The molecule has 0 N–H and O–H groups in total. The number of nitrogens with zero attached hydrogens (tertiary/aromatic N) is 2. The Hall–Kier alpha value is -2.48. The van der Waals surface area contributed by atoms with Gasteiger partial charge in [-0.3, -0.25) is 19.3 Å². The molecule has 2 aliphatic heterocycles. The molecule has 0 saturated carbocycles. The standard InChI is InChI=1S/C26H17Cl5N2O4/c1-3-37-14-8-5-12(6-9-14)22-23(26(36)32(22)13-7-4-11(2)15(27)10-13)33-24(34)16-17(25(33)35)19(29)21(31)20(30)18(16)28/h4-10,22-23H,3H2,1-2H3/t22-,23-/m0/s1. The Balaban J connectivity index is 1.62. The summed E-state index contributed by atoms with van der Waals surface area (Å²) in [5, 5.41) is -0.206. The first-order chi connectivity index (χ1) is 17.6. The van der Waals surface area contributed by atoms with Crippen LogP contribution in [-0.2, 0) is 4.79 Å². The normalized spacial score (nSPS) is 18.8. The summed E-state index contributed by atoms with van der Waals surface area (Å²) in [7, 11) is 0. The summed E-state index contributed by atoms with van der Waals surface area (Å²) in [5.74, 6) is -1.39. The smallest absolute Gasteiger partial charge is 0.264 e. The minimum absolute atomic E-state index is 0.144. The molecular weight excluding hydrogens is 582 g/mol. The number of carbonyl (C=O) groups excluding carboxylic acids is 3. The topological polar surface area (TPSA) is 66.9 Å². The second kappa shape index (κ2) is 9.68. The molecule has 37 heavy (non-hydrogen) atoms. The minimum Gasteiger partial charge on any atom is -0.494 e. The predicted molar refractivity (Wildman–Crippen MR) is 145 cm³/mol. The van der Waals surface area contributed by atoms with Gasteiger partial charge in [-0.2, -0.15) is 0 Å². The van der Waals surface area contributed by atoms with E-state index in [1.54, 1.807) is 42.5 Å². The van der Waals surface area contributed by atoms with Crippen molar-refractivity contribution in [2.45, 2.75) is 25.9 Å². The molecule has 3 aromatic carbocycles. The van der Waals surface area contributed by atoms with Crippen LogP contribution >= 0.6 is 58.0 Å². The van der Waals surface area contributed by atoms with Crippen molar-refractivity contribution in [2.75, 3.05) is 11.5 Å². The monoisotopic (exact) mass is 596 g/mol. The maximum atomic E-state index is 13.6. The molecule has 0 bridgehead atoms. The Morgan fingerprint density at radius 1 is 0.757 bits per heavy atom. The number of aryl methyl sites for hydroxylation is 1. The van der Waals surface area contributed by atoms with Gasteiger partial charge >= 0.3 is 0 Å². The quantitative estimate of drug-likeness (QED) is 0.133. The lowest BCUT2D eigenvalue weighted by Gasteiger charge is -2.49. The highest BCUT2D eigenvalue weighted by atomic mass is 35.5. The highest BCUT2D eigenvalue weighted by Gasteiger charge is 2.58. The Labute approximate surface area is 237 Å². The lowest BCUT2D eigenvalue weighted by molar-refractivity contribution is -0.130. The number of amides is 3. The van der Waals surface area contributed by atoms with Gasteiger partial charge in [0.05, 0.1) is 43.9 Å². The number of hydrogen-bond donors (Lipinski definition) is 0. The van der Waals surface area contributed by atoms with E-state index >= 15 is 0 Å². The van der Waals surface area contributed by atoms with Crippen LogP contribution in [0.4, 0.5) is 5.69 Å². The molecule has 2 atom stereocenters. The molecule has 0 aromatic heterocycles. The molecule has 2 aliphatic rings. The van der Waals surface area contributed by atoms with Gasteiger partial charge in [-0.15, -0.1) is 0 Å². The third-order valence-corrected chi connectivity index (χ3v) is 8.65. The molecule has 3 aromatic rings. The molecule has 190 valence electrons. The van der Waals surface area contributed by atoms with E-state index in [-0.39, 0.29) is 31.2 Å². The van der Waals surface area contributed by atoms with Crippen LogP contribution in [0.3, 0.4) is 0 Å². The fraction of sp³-hybridized carbons (Fsp3) is 0.192. The van der Waals surface area contributed by atoms with E-state index in [1.165, 1.54) is 4.90 Å². The molecule has 1 saturated heterocycles. The van der Waals surface area contributed by atoms with Gasteiger partial charge < -0.3 is 9.64 Å². The Kier molecular flexibility index (Phi) is 6.84. The fourth-order valence-electron chi connectivity index (χ4n) is 4.62. The molecule has 0 spiro atoms. The summed E-state index contributed by atoms with van der Waals surface area (Å²) in [4.78, 5) is 43.1. The van der Waals surface area contributed by atoms with Crippen molar-refractivity contribution in [2.24, 2.45) is 0 Å². The maximum Gasteiger partial charge on any atom is 0.264 e. The number of imide groups is 1. The van der Waals surface area contributed by atoms with Gasteiger partial charge in [-0.1, -0.05) is 76.2 Å². The Bertz CT molecular complexity index is 1440. The first kappa shape index (κ1) is 26.1. The van der Waals surface area contributed by atoms with Crippen molar-refractivity contribution in [3.05, 3.63) is 89.8 Å². The van der Waals surface area contributed by atoms with E-state index in [1.807, 2.05) is 13.8 Å². The van der Waals surface area contributed by atoms with Crippen LogP contribution in [0.2, 0.25) is 25.1 Å². The van der Waals surface area contributed by atoms with E-state index in [0.29, 0.717) is 28.6 Å². The molecule has 3 amide bonds. The number of ether oxygens (including phenoxy) is 1. The van der Waals surface area contributed by atoms with Gasteiger partial charge in [0, 0.05) is 10.7 Å². The van der Waals surface area contributed by atoms with Gasteiger partial charge in [-0.05, 0) is 49.2 Å². The SMILES string of the molecule is CCOc1ccc([C@H]2[C@H](N3C(=O)c4c(Cl)c(Cl)c(Cl)c(Cl)c4C3=O)C(=O)N2c2ccc(C)c(Cl)c2)cc1. The first-order valence-electron chi connectivity index (χ1n) is 11.1. The largest absolute Gasteiger partial charge is 0.494 e. The molecular formula is C26H17Cl5N2O4. The highest BCUT2D eigenvalue weighted by Crippen LogP contribution is 2.49. The van der Waals surface area contributed by atoms with Gasteiger partial charge in [0.25, 0.3) is 17.7 Å². The lowest BCUT2D eigenvalue weighted by atomic mass is 9.86. The number of hydrogen-bond acceptors (Lipinski definition) is 4. The van der Waals surface area contributed by atoms with Gasteiger partial charge in [-0.25, -0.2) is 0 Å². The maximum absolute atomic E-state index is 13.6. The van der Waals surface area contributed by atoms with E-state index < -0.39 is 29.8 Å². The van der Waals surface area contributed by atoms with Crippen LogP contribution in [0.25, 0.3) is 0 Å². The molecule has 1 fully saturated rings. The number of fused-ring (bicyclic) bond motifs is 1. The third kappa shape index (κ3) is 3.98. The summed E-state index contributed by atoms with van der Waals surface area (Å²) in [5.41, 5.74) is 1.68. The summed E-state index contributed by atoms with van der Waals surface area (Å²) in [6, 6.07) is 10.4. The highest BCUT2D eigenvalue weighted by molar-refractivity contribution is 6.55. The number of benzene rings is 3. The minimum atomic E-state index is -1.17.